The van der Waals surface area contributed by atoms with Gasteiger partial charge in [0.2, 0.25) is 10.0 Å². The third kappa shape index (κ3) is 3.98. The maximum atomic E-state index is 12.7. The average Bonchev–Trinajstić information content (AvgIpc) is 2.94. The minimum atomic E-state index is -3.86. The molecule has 0 spiro atoms. The number of rotatable bonds is 5. The van der Waals surface area contributed by atoms with Gasteiger partial charge in [0.1, 0.15) is 5.69 Å². The molecule has 1 atom stereocenters. The van der Waals surface area contributed by atoms with Crippen LogP contribution in [0.4, 0.5) is 11.4 Å². The van der Waals surface area contributed by atoms with Crippen LogP contribution in [-0.2, 0) is 24.6 Å². The van der Waals surface area contributed by atoms with Crippen LogP contribution in [0.3, 0.4) is 0 Å². The summed E-state index contributed by atoms with van der Waals surface area (Å²) >= 11 is 0. The second kappa shape index (κ2) is 7.10. The third-order valence-electron chi connectivity index (χ3n) is 4.37. The van der Waals surface area contributed by atoms with Gasteiger partial charge in [0, 0.05) is 25.2 Å². The zero-order valence-electron chi connectivity index (χ0n) is 13.8. The summed E-state index contributed by atoms with van der Waals surface area (Å²) in [5.41, 5.74) is -0.290. The minimum absolute atomic E-state index is 0.0297. The maximum absolute atomic E-state index is 12.7. The molecule has 0 bridgehead atoms. The Hall–Kier alpha value is -1.76. The molecular weight excluding hydrogens is 386 g/mol. The topological polar surface area (TPSA) is 136 Å². The molecule has 12 heteroatoms. The highest BCUT2D eigenvalue weighted by atomic mass is 32.2. The number of nitrogens with one attached hydrogen (secondary N) is 1. The van der Waals surface area contributed by atoms with Crippen LogP contribution in [0.1, 0.15) is 6.42 Å². The second-order valence-electron chi connectivity index (χ2n) is 6.20. The number of anilines is 1. The molecule has 10 nitrogen and oxygen atoms in total. The van der Waals surface area contributed by atoms with Gasteiger partial charge in [-0.2, -0.15) is 4.31 Å². The van der Waals surface area contributed by atoms with Gasteiger partial charge in [-0.25, -0.2) is 16.8 Å². The van der Waals surface area contributed by atoms with Crippen molar-refractivity contribution in [2.75, 3.05) is 43.1 Å². The smallest absolute Gasteiger partial charge is 0.293 e. The van der Waals surface area contributed by atoms with Crippen molar-refractivity contribution in [3.8, 4) is 0 Å². The molecule has 2 fully saturated rings. The Morgan fingerprint density at radius 2 is 1.96 bits per heavy atom. The molecule has 0 amide bonds. The summed E-state index contributed by atoms with van der Waals surface area (Å²) in [4.78, 5) is 10.6. The number of benzene rings is 1. The molecule has 0 aromatic heterocycles. The molecule has 1 aromatic rings. The standard InChI is InChI=1S/C14H19N3O7S2/c18-17(19)14-9-12(26(22,23)16-4-6-24-7-5-16)1-2-13(14)15-11-3-8-25(20,21)10-11/h1-2,9,11,15H,3-8,10H2/t11-/m0/s1. The number of ether oxygens (including phenoxy) is 1. The van der Waals surface area contributed by atoms with Gasteiger partial charge in [0.25, 0.3) is 5.69 Å². The van der Waals surface area contributed by atoms with Crippen LogP contribution in [0.25, 0.3) is 0 Å². The van der Waals surface area contributed by atoms with Crippen molar-refractivity contribution in [3.63, 3.8) is 0 Å². The molecule has 0 radical (unpaired) electrons. The number of sulfone groups is 1. The van der Waals surface area contributed by atoms with E-state index < -0.39 is 36.5 Å². The predicted molar refractivity (Wildman–Crippen MR) is 93.4 cm³/mol. The molecule has 1 aromatic carbocycles. The zero-order chi connectivity index (χ0) is 18.9. The number of hydrogen-bond acceptors (Lipinski definition) is 8. The Morgan fingerprint density at radius 3 is 2.54 bits per heavy atom. The van der Waals surface area contributed by atoms with Crippen molar-refractivity contribution in [3.05, 3.63) is 28.3 Å². The van der Waals surface area contributed by atoms with E-state index in [0.29, 0.717) is 6.42 Å². The average molecular weight is 405 g/mol. The monoisotopic (exact) mass is 405 g/mol. The van der Waals surface area contributed by atoms with E-state index in [2.05, 4.69) is 5.32 Å². The van der Waals surface area contributed by atoms with Crippen molar-refractivity contribution in [2.24, 2.45) is 0 Å². The van der Waals surface area contributed by atoms with Crippen molar-refractivity contribution in [1.29, 1.82) is 0 Å². The quantitative estimate of drug-likeness (QED) is 0.542. The lowest BCUT2D eigenvalue weighted by molar-refractivity contribution is -0.384. The third-order valence-corrected chi connectivity index (χ3v) is 8.03. The second-order valence-corrected chi connectivity index (χ2v) is 10.4. The van der Waals surface area contributed by atoms with Gasteiger partial charge in [-0.15, -0.1) is 0 Å². The molecule has 0 saturated carbocycles. The van der Waals surface area contributed by atoms with E-state index >= 15 is 0 Å². The number of nitrogens with zero attached hydrogens (tertiary/aromatic N) is 2. The zero-order valence-corrected chi connectivity index (χ0v) is 15.5. The number of nitro benzene ring substituents is 1. The Bertz CT molecular complexity index is 908. The number of sulfonamides is 1. The highest BCUT2D eigenvalue weighted by Gasteiger charge is 2.31. The summed E-state index contributed by atoms with van der Waals surface area (Å²) in [6.45, 7) is 0.931. The Balaban J connectivity index is 1.88. The SMILES string of the molecule is O=[N+]([O-])c1cc(S(=O)(=O)N2CCOCC2)ccc1N[C@H]1CCS(=O)(=O)C1. The van der Waals surface area contributed by atoms with Gasteiger partial charge in [-0.1, -0.05) is 0 Å². The van der Waals surface area contributed by atoms with Crippen molar-refractivity contribution in [1.82, 2.24) is 4.31 Å². The summed E-state index contributed by atoms with van der Waals surface area (Å²) in [7, 11) is -7.00. The Kier molecular flexibility index (Phi) is 5.19. The number of morpholine rings is 1. The van der Waals surface area contributed by atoms with Gasteiger partial charge < -0.3 is 10.1 Å². The normalized spacial score (nSPS) is 23.6. The summed E-state index contributed by atoms with van der Waals surface area (Å²) in [5, 5.41) is 14.3. The summed E-state index contributed by atoms with van der Waals surface area (Å²) < 4.78 is 54.7. The molecule has 144 valence electrons. The van der Waals surface area contributed by atoms with Gasteiger partial charge in [0.05, 0.1) is 34.5 Å². The fourth-order valence-corrected chi connectivity index (χ4v) is 6.11. The van der Waals surface area contributed by atoms with Crippen LogP contribution in [-0.4, -0.2) is 69.9 Å². The van der Waals surface area contributed by atoms with Crippen molar-refractivity contribution in [2.45, 2.75) is 17.4 Å². The molecule has 1 N–H and O–H groups in total. The fourth-order valence-electron chi connectivity index (χ4n) is 3.01. The van der Waals surface area contributed by atoms with Gasteiger partial charge >= 0.3 is 0 Å². The van der Waals surface area contributed by atoms with Crippen LogP contribution in [0, 0.1) is 10.1 Å². The first kappa shape index (κ1) is 19.0. The van der Waals surface area contributed by atoms with Crippen LogP contribution >= 0.6 is 0 Å². The van der Waals surface area contributed by atoms with Crippen LogP contribution < -0.4 is 5.32 Å². The molecule has 0 aliphatic carbocycles. The minimum Gasteiger partial charge on any atom is -0.379 e. The predicted octanol–water partition coefficient (Wildman–Crippen LogP) is 0.215. The van der Waals surface area contributed by atoms with Crippen LogP contribution in [0.5, 0.6) is 0 Å². The molecule has 2 aliphatic rings. The van der Waals surface area contributed by atoms with Gasteiger partial charge in [-0.05, 0) is 18.6 Å². The molecular formula is C14H19N3O7S2. The van der Waals surface area contributed by atoms with E-state index in [0.717, 1.165) is 6.07 Å². The van der Waals surface area contributed by atoms with E-state index in [4.69, 9.17) is 4.74 Å². The lowest BCUT2D eigenvalue weighted by Gasteiger charge is -2.26. The fraction of sp³-hybridized carbons (Fsp3) is 0.571. The molecule has 26 heavy (non-hydrogen) atoms. The Labute approximate surface area is 151 Å². The number of hydrogen-bond donors (Lipinski definition) is 1. The first-order valence-electron chi connectivity index (χ1n) is 8.02. The number of nitro groups is 1. The van der Waals surface area contributed by atoms with E-state index in [1.807, 2.05) is 0 Å². The first-order chi connectivity index (χ1) is 12.2. The van der Waals surface area contributed by atoms with Gasteiger partial charge in [0.15, 0.2) is 9.84 Å². The van der Waals surface area contributed by atoms with E-state index in [9.17, 15) is 26.9 Å². The molecule has 0 unspecified atom stereocenters. The van der Waals surface area contributed by atoms with Crippen LogP contribution in [0.15, 0.2) is 23.1 Å². The molecule has 2 heterocycles. The lowest BCUT2D eigenvalue weighted by Crippen LogP contribution is -2.40. The maximum Gasteiger partial charge on any atom is 0.293 e. The van der Waals surface area contributed by atoms with Crippen LogP contribution in [0.2, 0.25) is 0 Å². The van der Waals surface area contributed by atoms with E-state index in [1.54, 1.807) is 0 Å². The summed E-state index contributed by atoms with van der Waals surface area (Å²) in [6.07, 6.45) is 0.354. The first-order valence-corrected chi connectivity index (χ1v) is 11.3. The summed E-state index contributed by atoms with van der Waals surface area (Å²) in [5.74, 6) is -0.0695. The van der Waals surface area contributed by atoms with Gasteiger partial charge in [-0.3, -0.25) is 10.1 Å². The van der Waals surface area contributed by atoms with E-state index in [1.165, 1.54) is 16.4 Å². The largest absolute Gasteiger partial charge is 0.379 e. The molecule has 3 rings (SSSR count). The highest BCUT2D eigenvalue weighted by Crippen LogP contribution is 2.31. The Morgan fingerprint density at radius 1 is 1.27 bits per heavy atom. The van der Waals surface area contributed by atoms with Crippen molar-refractivity contribution < 1.29 is 26.5 Å². The molecule has 2 saturated heterocycles. The summed E-state index contributed by atoms with van der Waals surface area (Å²) in [6, 6.07) is 3.19. The highest BCUT2D eigenvalue weighted by molar-refractivity contribution is 7.91. The van der Waals surface area contributed by atoms with E-state index in [-0.39, 0.29) is 48.4 Å². The van der Waals surface area contributed by atoms with Crippen molar-refractivity contribution >= 4 is 31.2 Å². The molecule has 2 aliphatic heterocycles. The lowest BCUT2D eigenvalue weighted by atomic mass is 10.2.